The molecule has 0 N–H and O–H groups in total. The summed E-state index contributed by atoms with van der Waals surface area (Å²) in [6.07, 6.45) is 5.06. The molecular weight excluding hydrogens is 608 g/mol. The van der Waals surface area contributed by atoms with Crippen molar-refractivity contribution >= 4 is 12.0 Å². The van der Waals surface area contributed by atoms with Crippen LogP contribution >= 0.6 is 0 Å². The third kappa shape index (κ3) is 14.2. The van der Waals surface area contributed by atoms with Gasteiger partial charge in [-0.25, -0.2) is 9.69 Å². The number of nitrogens with zero attached hydrogens (tertiary/aromatic N) is 2. The fraction of sp³-hybridized carbons (Fsp3) is 0.600. The average Bonchev–Trinajstić information content (AvgIpc) is 3.07. The Morgan fingerprint density at radius 3 is 2.43 bits per heavy atom. The minimum Gasteiger partial charge on any atom is -0.496 e. The van der Waals surface area contributed by atoms with Crippen LogP contribution in [-0.2, 0) is 35.0 Å². The van der Waals surface area contributed by atoms with Crippen molar-refractivity contribution in [3.8, 4) is 11.5 Å². The fourth-order valence-electron chi connectivity index (χ4n) is 4.92. The zero-order chi connectivity index (χ0) is 34.1. The lowest BCUT2D eigenvalue weighted by molar-refractivity contribution is -0.869. The lowest BCUT2D eigenvalue weighted by Crippen LogP contribution is -2.46. The molecule has 262 valence electrons. The molecule has 0 heterocycles. The summed E-state index contributed by atoms with van der Waals surface area (Å²) in [5.41, 5.74) is 1.15. The number of hydrogen-bond acceptors (Lipinski definition) is 10. The largest absolute Gasteiger partial charge is 0.496 e. The van der Waals surface area contributed by atoms with Crippen molar-refractivity contribution in [3.63, 3.8) is 0 Å². The average molecular weight is 662 g/mol. The van der Waals surface area contributed by atoms with E-state index in [1.165, 1.54) is 46.3 Å². The van der Waals surface area contributed by atoms with E-state index in [1.807, 2.05) is 45.4 Å². The fourth-order valence-corrected chi connectivity index (χ4v) is 4.92. The Kier molecular flexibility index (Phi) is 16.4. The van der Waals surface area contributed by atoms with Crippen LogP contribution in [0.25, 0.3) is 0 Å². The number of carbonyl (C=O) groups excluding carboxylic acids is 2. The van der Waals surface area contributed by atoms with Crippen LogP contribution in [-0.4, -0.2) is 109 Å². The van der Waals surface area contributed by atoms with Gasteiger partial charge in [0.1, 0.15) is 18.1 Å². The van der Waals surface area contributed by atoms with E-state index in [0.29, 0.717) is 28.4 Å². The van der Waals surface area contributed by atoms with Crippen molar-refractivity contribution in [3.05, 3.63) is 59.7 Å². The van der Waals surface area contributed by atoms with Crippen molar-refractivity contribution in [1.82, 2.24) is 4.90 Å². The summed E-state index contributed by atoms with van der Waals surface area (Å²) < 4.78 is 45.1. The van der Waals surface area contributed by atoms with Crippen LogP contribution in [0.15, 0.2) is 48.5 Å². The third-order valence-corrected chi connectivity index (χ3v) is 7.66. The number of benzene rings is 2. The zero-order valence-electron chi connectivity index (χ0n) is 28.8. The molecule has 1 saturated carbocycles. The molecule has 0 aromatic heterocycles. The van der Waals surface area contributed by atoms with Crippen LogP contribution in [0.2, 0.25) is 0 Å². The minimum absolute atomic E-state index is 0.0993. The number of imide groups is 1. The molecule has 47 heavy (non-hydrogen) atoms. The highest BCUT2D eigenvalue weighted by atomic mass is 16.9. The van der Waals surface area contributed by atoms with Crippen molar-refractivity contribution in [2.45, 2.75) is 58.2 Å². The highest BCUT2D eigenvalue weighted by molar-refractivity contribution is 6.04. The molecule has 1 aliphatic rings. The zero-order valence-corrected chi connectivity index (χ0v) is 28.8. The first-order valence-electron chi connectivity index (χ1n) is 16.2. The molecule has 0 bridgehead atoms. The van der Waals surface area contributed by atoms with E-state index >= 15 is 0 Å². The second kappa shape index (κ2) is 20.2. The molecule has 3 rings (SSSR count). The molecule has 2 amide bonds. The van der Waals surface area contributed by atoms with E-state index in [-0.39, 0.29) is 38.9 Å². The van der Waals surface area contributed by atoms with E-state index in [0.717, 1.165) is 17.1 Å². The van der Waals surface area contributed by atoms with Gasteiger partial charge in [0, 0.05) is 7.11 Å². The maximum atomic E-state index is 13.4. The second-order valence-electron chi connectivity index (χ2n) is 12.6. The summed E-state index contributed by atoms with van der Waals surface area (Å²) in [5.74, 6) is 1.20. The third-order valence-electron chi connectivity index (χ3n) is 7.66. The molecule has 2 aromatic rings. The molecule has 1 aliphatic carbocycles. The standard InChI is InChI=1S/C35H53N2O10/c1-27(22-43-34(39)36(19-20-37(2,3)4)33(38)31-17-10-11-18-32(31)40-5)45-26-47-35(41-6)44-24-29-15-12-16-30(21-29)46-25-42-23-28-13-8-7-9-14-28/h10-12,15-18,21,27-28,35H,7-9,13-14,19-20,22-26H2,1-6H3/q+1. The summed E-state index contributed by atoms with van der Waals surface area (Å²) in [4.78, 5) is 27.5. The predicted octanol–water partition coefficient (Wildman–Crippen LogP) is 5.44. The number of quaternary nitrogens is 1. The van der Waals surface area contributed by atoms with E-state index in [2.05, 4.69) is 0 Å². The van der Waals surface area contributed by atoms with Gasteiger partial charge in [-0.2, -0.15) is 0 Å². The molecule has 2 atom stereocenters. The van der Waals surface area contributed by atoms with Crippen LogP contribution in [0, 0.1) is 5.92 Å². The van der Waals surface area contributed by atoms with E-state index in [1.54, 1.807) is 31.2 Å². The molecule has 0 spiro atoms. The van der Waals surface area contributed by atoms with E-state index in [9.17, 15) is 9.59 Å². The highest BCUT2D eigenvalue weighted by Gasteiger charge is 2.29. The SMILES string of the molecule is COc1ccccc1C(=O)N(CC[N+](C)(C)C)C(=O)OCC(C)OCOC(OC)OCc1cccc(OCOCC2CCCCC2)c1. The van der Waals surface area contributed by atoms with Gasteiger partial charge in [0.2, 0.25) is 0 Å². The highest BCUT2D eigenvalue weighted by Crippen LogP contribution is 2.24. The number of methoxy groups -OCH3 is 2. The molecule has 2 aromatic carbocycles. The molecule has 0 saturated heterocycles. The van der Waals surface area contributed by atoms with Crippen molar-refractivity contribution in [2.75, 3.05) is 75.3 Å². The first-order chi connectivity index (χ1) is 22.6. The minimum atomic E-state index is -0.988. The lowest BCUT2D eigenvalue weighted by atomic mass is 9.90. The molecular formula is C35H53N2O10+. The van der Waals surface area contributed by atoms with Gasteiger partial charge in [-0.15, -0.1) is 0 Å². The number of amides is 2. The van der Waals surface area contributed by atoms with Gasteiger partial charge in [-0.3, -0.25) is 4.79 Å². The Morgan fingerprint density at radius 1 is 0.936 bits per heavy atom. The van der Waals surface area contributed by atoms with Gasteiger partial charge in [0.25, 0.3) is 12.4 Å². The summed E-state index contributed by atoms with van der Waals surface area (Å²) >= 11 is 0. The Morgan fingerprint density at radius 2 is 1.70 bits per heavy atom. The first-order valence-corrected chi connectivity index (χ1v) is 16.2. The molecule has 0 aliphatic heterocycles. The van der Waals surface area contributed by atoms with Crippen LogP contribution in [0.4, 0.5) is 4.79 Å². The van der Waals surface area contributed by atoms with Crippen LogP contribution in [0.5, 0.6) is 11.5 Å². The maximum Gasteiger partial charge on any atom is 0.417 e. The Labute approximate surface area is 279 Å². The number of ether oxygens (including phenoxy) is 8. The molecule has 1 fully saturated rings. The summed E-state index contributed by atoms with van der Waals surface area (Å²) in [5, 5.41) is 0. The lowest BCUT2D eigenvalue weighted by Gasteiger charge is -2.28. The van der Waals surface area contributed by atoms with Gasteiger partial charge < -0.3 is 42.4 Å². The quantitative estimate of drug-likeness (QED) is 0.103. The molecule has 2 unspecified atom stereocenters. The normalized spacial score (nSPS) is 15.1. The van der Waals surface area contributed by atoms with Crippen LogP contribution < -0.4 is 9.47 Å². The predicted molar refractivity (Wildman–Crippen MR) is 175 cm³/mol. The maximum absolute atomic E-state index is 13.4. The summed E-state index contributed by atoms with van der Waals surface area (Å²) in [6.45, 7) is 2.31. The van der Waals surface area contributed by atoms with Gasteiger partial charge in [0.15, 0.2) is 13.6 Å². The number of likely N-dealkylation sites (N-methyl/N-ethyl adjacent to an activating group) is 1. The van der Waals surface area contributed by atoms with Crippen molar-refractivity contribution in [2.24, 2.45) is 5.92 Å². The van der Waals surface area contributed by atoms with Crippen LogP contribution in [0.3, 0.4) is 0 Å². The van der Waals surface area contributed by atoms with Gasteiger partial charge in [0.05, 0.1) is 66.2 Å². The Hall–Kier alpha value is -3.26. The Bertz CT molecular complexity index is 1210. The van der Waals surface area contributed by atoms with Gasteiger partial charge >= 0.3 is 6.09 Å². The van der Waals surface area contributed by atoms with E-state index in [4.69, 9.17) is 37.9 Å². The van der Waals surface area contributed by atoms with Gasteiger partial charge in [-0.05, 0) is 55.5 Å². The molecule has 12 nitrogen and oxygen atoms in total. The smallest absolute Gasteiger partial charge is 0.417 e. The summed E-state index contributed by atoms with van der Waals surface area (Å²) in [7, 11) is 8.87. The molecule has 12 heteroatoms. The second-order valence-corrected chi connectivity index (χ2v) is 12.6. The van der Waals surface area contributed by atoms with Crippen LogP contribution in [0.1, 0.15) is 54.9 Å². The van der Waals surface area contributed by atoms with E-state index < -0.39 is 24.6 Å². The topological polar surface area (TPSA) is 111 Å². The number of hydrogen-bond donors (Lipinski definition) is 0. The van der Waals surface area contributed by atoms with Crippen molar-refractivity contribution in [1.29, 1.82) is 0 Å². The number of para-hydroxylation sites is 1. The van der Waals surface area contributed by atoms with Gasteiger partial charge in [-0.1, -0.05) is 43.5 Å². The first kappa shape index (κ1) is 38.2. The molecule has 0 radical (unpaired) electrons. The Balaban J connectivity index is 1.40. The van der Waals surface area contributed by atoms with Crippen molar-refractivity contribution < 1.29 is 52.0 Å². The summed E-state index contributed by atoms with van der Waals surface area (Å²) in [6, 6.07) is 14.3. The number of carbonyl (C=O) groups is 2. The monoisotopic (exact) mass is 661 g/mol. The number of rotatable bonds is 20.